The molecule has 1 unspecified atom stereocenters. The largest absolute Gasteiger partial charge is 0.481 e. The molecule has 0 bridgehead atoms. The van der Waals surface area contributed by atoms with Crippen LogP contribution in [0.15, 0.2) is 0 Å². The van der Waals surface area contributed by atoms with Gasteiger partial charge in [-0.3, -0.25) is 9.59 Å². The number of rotatable bonds is 36. The van der Waals surface area contributed by atoms with Gasteiger partial charge in [-0.05, 0) is 25.7 Å². The van der Waals surface area contributed by atoms with Gasteiger partial charge in [0.1, 0.15) is 0 Å². The average Bonchev–Trinajstić information content (AvgIpc) is 3.05. The second-order valence-electron chi connectivity index (χ2n) is 14.1. The lowest BCUT2D eigenvalue weighted by molar-refractivity contribution is -0.144. The lowest BCUT2D eigenvalue weighted by atomic mass is 9.94. The molecule has 4 heteroatoms. The molecule has 0 aliphatic rings. The molecule has 1 N–H and O–H groups in total. The predicted octanol–water partition coefficient (Wildman–Crippen LogP) is 14.6. The average molecular weight is 653 g/mol. The number of hydrogen-bond donors (Lipinski definition) is 1. The van der Waals surface area contributed by atoms with Crippen LogP contribution in [0.2, 0.25) is 0 Å². The second-order valence-corrected chi connectivity index (χ2v) is 14.1. The van der Waals surface area contributed by atoms with Crippen LogP contribution in [0.1, 0.15) is 246 Å². The Bertz CT molecular complexity index is 590. The van der Waals surface area contributed by atoms with Crippen molar-refractivity contribution in [3.63, 3.8) is 0 Å². The number of esters is 1. The van der Waals surface area contributed by atoms with Gasteiger partial charge in [-0.25, -0.2) is 0 Å². The third kappa shape index (κ3) is 41.0. The number of ether oxygens (including phenoxy) is 1. The van der Waals surface area contributed by atoms with E-state index in [1.165, 1.54) is 167 Å². The topological polar surface area (TPSA) is 63.6 Å². The number of carboxylic acids is 1. The number of hydrogen-bond acceptors (Lipinski definition) is 3. The molecule has 0 aromatic carbocycles. The fraction of sp³-hybridized carbons (Fsp3) is 0.952. The van der Waals surface area contributed by atoms with Gasteiger partial charge in [-0.1, -0.05) is 214 Å². The molecule has 4 nitrogen and oxygen atoms in total. The first-order valence-electron chi connectivity index (χ1n) is 20.9. The summed E-state index contributed by atoms with van der Waals surface area (Å²) in [7, 11) is 0. The van der Waals surface area contributed by atoms with Gasteiger partial charge in [-0.15, -0.1) is 0 Å². The molecule has 0 aromatic rings. The SMILES string of the molecule is CCCCCCCCCCCC(=O)OCCCCC.CCCCCCCCCCCCCCCC(CCCCCCCC)C(=O)O. The third-order valence-electron chi connectivity index (χ3n) is 9.41. The minimum absolute atomic E-state index is 0.000881. The first kappa shape index (κ1) is 47.1. The second kappa shape index (κ2) is 42.0. The first-order chi connectivity index (χ1) is 22.5. The van der Waals surface area contributed by atoms with E-state index in [1.807, 2.05) is 0 Å². The van der Waals surface area contributed by atoms with E-state index in [1.54, 1.807) is 0 Å². The Morgan fingerprint density at radius 3 is 1.02 bits per heavy atom. The molecular weight excluding hydrogens is 568 g/mol. The Morgan fingerprint density at radius 1 is 0.413 bits per heavy atom. The normalized spacial score (nSPS) is 11.7. The van der Waals surface area contributed by atoms with Gasteiger partial charge in [0.2, 0.25) is 0 Å². The molecular formula is C42H84O4. The fourth-order valence-corrected chi connectivity index (χ4v) is 6.16. The first-order valence-corrected chi connectivity index (χ1v) is 20.9. The van der Waals surface area contributed by atoms with E-state index in [2.05, 4.69) is 27.7 Å². The van der Waals surface area contributed by atoms with Gasteiger partial charge in [0, 0.05) is 6.42 Å². The number of carbonyl (C=O) groups excluding carboxylic acids is 1. The maximum Gasteiger partial charge on any atom is 0.306 e. The van der Waals surface area contributed by atoms with E-state index in [0.29, 0.717) is 13.0 Å². The van der Waals surface area contributed by atoms with Crippen molar-refractivity contribution in [1.82, 2.24) is 0 Å². The number of unbranched alkanes of at least 4 members (excludes halogenated alkanes) is 27. The van der Waals surface area contributed by atoms with Gasteiger partial charge < -0.3 is 9.84 Å². The van der Waals surface area contributed by atoms with Gasteiger partial charge in [0.15, 0.2) is 0 Å². The summed E-state index contributed by atoms with van der Waals surface area (Å²) in [5, 5.41) is 9.41. The molecule has 0 saturated heterocycles. The molecule has 0 amide bonds. The number of carboxylic acid groups (broad SMARTS) is 1. The van der Waals surface area contributed by atoms with Gasteiger partial charge in [-0.2, -0.15) is 0 Å². The Balaban J connectivity index is 0. The Hall–Kier alpha value is -1.06. The third-order valence-corrected chi connectivity index (χ3v) is 9.41. The van der Waals surface area contributed by atoms with Crippen LogP contribution in [-0.4, -0.2) is 23.7 Å². The van der Waals surface area contributed by atoms with Crippen LogP contribution in [0.25, 0.3) is 0 Å². The minimum Gasteiger partial charge on any atom is -0.481 e. The molecule has 46 heavy (non-hydrogen) atoms. The quantitative estimate of drug-likeness (QED) is 0.0540. The molecule has 0 saturated carbocycles. The minimum atomic E-state index is -0.567. The molecule has 0 spiro atoms. The molecule has 0 fully saturated rings. The van der Waals surface area contributed by atoms with Crippen molar-refractivity contribution < 1.29 is 19.4 Å². The van der Waals surface area contributed by atoms with Crippen molar-refractivity contribution in [2.75, 3.05) is 6.61 Å². The van der Waals surface area contributed by atoms with Crippen LogP contribution >= 0.6 is 0 Å². The molecule has 0 rings (SSSR count). The highest BCUT2D eigenvalue weighted by Gasteiger charge is 2.16. The highest BCUT2D eigenvalue weighted by molar-refractivity contribution is 5.69. The maximum absolute atomic E-state index is 11.4. The van der Waals surface area contributed by atoms with Gasteiger partial charge in [0.25, 0.3) is 0 Å². The summed E-state index contributed by atoms with van der Waals surface area (Å²) in [6.45, 7) is 9.53. The fourth-order valence-electron chi connectivity index (χ4n) is 6.16. The van der Waals surface area contributed by atoms with Crippen molar-refractivity contribution in [3.8, 4) is 0 Å². The Labute approximate surface area is 289 Å². The maximum atomic E-state index is 11.4. The molecule has 0 aliphatic heterocycles. The van der Waals surface area contributed by atoms with Crippen molar-refractivity contribution >= 4 is 11.9 Å². The van der Waals surface area contributed by atoms with Crippen LogP contribution in [0.4, 0.5) is 0 Å². The van der Waals surface area contributed by atoms with Crippen molar-refractivity contribution in [1.29, 1.82) is 0 Å². The van der Waals surface area contributed by atoms with Crippen LogP contribution in [0.3, 0.4) is 0 Å². The summed E-state index contributed by atoms with van der Waals surface area (Å²) in [5.41, 5.74) is 0. The highest BCUT2D eigenvalue weighted by atomic mass is 16.5. The summed E-state index contributed by atoms with van der Waals surface area (Å²) >= 11 is 0. The molecule has 276 valence electrons. The summed E-state index contributed by atoms with van der Waals surface area (Å²) in [6.07, 6.45) is 42.4. The van der Waals surface area contributed by atoms with E-state index in [-0.39, 0.29) is 11.9 Å². The zero-order valence-corrected chi connectivity index (χ0v) is 32.0. The molecule has 0 aromatic heterocycles. The lowest BCUT2D eigenvalue weighted by Crippen LogP contribution is -2.13. The monoisotopic (exact) mass is 653 g/mol. The molecule has 1 atom stereocenters. The van der Waals surface area contributed by atoms with E-state index in [9.17, 15) is 14.7 Å². The van der Waals surface area contributed by atoms with Crippen LogP contribution in [0.5, 0.6) is 0 Å². The van der Waals surface area contributed by atoms with E-state index in [4.69, 9.17) is 4.74 Å². The van der Waals surface area contributed by atoms with E-state index >= 15 is 0 Å². The van der Waals surface area contributed by atoms with Crippen LogP contribution < -0.4 is 0 Å². The zero-order valence-electron chi connectivity index (χ0n) is 32.0. The molecule has 0 radical (unpaired) electrons. The smallest absolute Gasteiger partial charge is 0.306 e. The predicted molar refractivity (Wildman–Crippen MR) is 202 cm³/mol. The van der Waals surface area contributed by atoms with Crippen molar-refractivity contribution in [2.45, 2.75) is 246 Å². The number of aliphatic carboxylic acids is 1. The van der Waals surface area contributed by atoms with Crippen molar-refractivity contribution in [3.05, 3.63) is 0 Å². The van der Waals surface area contributed by atoms with Crippen LogP contribution in [0, 0.1) is 5.92 Å². The standard InChI is InChI=1S/C25H50O2.C17H34O2/c1-3-5-7-9-11-12-13-14-15-16-17-19-21-23-24(25(26)27)22-20-18-10-8-6-4-2;1-3-5-7-8-9-10-11-12-13-15-17(18)19-16-14-6-4-2/h24H,3-23H2,1-2H3,(H,26,27);3-16H2,1-2H3. The van der Waals surface area contributed by atoms with Gasteiger partial charge in [0.05, 0.1) is 12.5 Å². The van der Waals surface area contributed by atoms with Gasteiger partial charge >= 0.3 is 11.9 Å². The van der Waals surface area contributed by atoms with E-state index < -0.39 is 5.97 Å². The summed E-state index contributed by atoms with van der Waals surface area (Å²) < 4.78 is 5.18. The molecule has 0 heterocycles. The molecule has 0 aliphatic carbocycles. The Morgan fingerprint density at radius 2 is 0.696 bits per heavy atom. The van der Waals surface area contributed by atoms with Crippen LogP contribution in [-0.2, 0) is 14.3 Å². The lowest BCUT2D eigenvalue weighted by Gasteiger charge is -2.12. The zero-order chi connectivity index (χ0) is 34.2. The summed E-state index contributed by atoms with van der Waals surface area (Å²) in [6, 6.07) is 0. The Kier molecular flexibility index (Phi) is 42.9. The summed E-state index contributed by atoms with van der Waals surface area (Å²) in [5.74, 6) is -0.662. The van der Waals surface area contributed by atoms with E-state index in [0.717, 1.165) is 44.9 Å². The number of carbonyl (C=O) groups is 2. The highest BCUT2D eigenvalue weighted by Crippen LogP contribution is 2.20. The summed E-state index contributed by atoms with van der Waals surface area (Å²) in [4.78, 5) is 22.8. The van der Waals surface area contributed by atoms with Crippen molar-refractivity contribution in [2.24, 2.45) is 5.92 Å².